The van der Waals surface area contributed by atoms with Crippen molar-refractivity contribution in [3.05, 3.63) is 29.8 Å². The summed E-state index contributed by atoms with van der Waals surface area (Å²) in [5, 5.41) is 8.91. The summed E-state index contributed by atoms with van der Waals surface area (Å²) in [5.41, 5.74) is -0.461. The maximum atomic E-state index is 12.8. The SMILES string of the molecule is CC(C)(C)C(=O)N1CCCN(S(=O)(=O)c2ccc(C(=O)O)cc2)CC1. The molecule has 0 aromatic heterocycles. The van der Waals surface area contributed by atoms with E-state index < -0.39 is 21.4 Å². The summed E-state index contributed by atoms with van der Waals surface area (Å²) in [6, 6.07) is 5.18. The second kappa shape index (κ2) is 7.13. The number of carbonyl (C=O) groups is 2. The molecule has 0 saturated carbocycles. The maximum absolute atomic E-state index is 12.8. The molecule has 1 fully saturated rings. The third-order valence-electron chi connectivity index (χ3n) is 4.12. The Morgan fingerprint density at radius 2 is 1.60 bits per heavy atom. The molecule has 1 aliphatic heterocycles. The van der Waals surface area contributed by atoms with Crippen molar-refractivity contribution < 1.29 is 23.1 Å². The van der Waals surface area contributed by atoms with Gasteiger partial charge in [0.15, 0.2) is 0 Å². The van der Waals surface area contributed by atoms with E-state index in [1.165, 1.54) is 28.6 Å². The molecule has 1 amide bonds. The zero-order valence-electron chi connectivity index (χ0n) is 14.7. The lowest BCUT2D eigenvalue weighted by molar-refractivity contribution is -0.139. The molecule has 25 heavy (non-hydrogen) atoms. The van der Waals surface area contributed by atoms with Crippen LogP contribution in [0.15, 0.2) is 29.2 Å². The summed E-state index contributed by atoms with van der Waals surface area (Å²) in [6.07, 6.45) is 0.564. The molecule has 0 atom stereocenters. The highest BCUT2D eigenvalue weighted by molar-refractivity contribution is 7.89. The third kappa shape index (κ3) is 4.38. The van der Waals surface area contributed by atoms with Gasteiger partial charge in [0.05, 0.1) is 10.5 Å². The smallest absolute Gasteiger partial charge is 0.335 e. The normalized spacial score (nSPS) is 17.2. The Morgan fingerprint density at radius 1 is 1.00 bits per heavy atom. The summed E-state index contributed by atoms with van der Waals surface area (Å²) >= 11 is 0. The van der Waals surface area contributed by atoms with Crippen molar-refractivity contribution in [2.24, 2.45) is 5.41 Å². The lowest BCUT2D eigenvalue weighted by Gasteiger charge is -2.28. The van der Waals surface area contributed by atoms with Gasteiger partial charge in [0.25, 0.3) is 0 Å². The van der Waals surface area contributed by atoms with E-state index in [1.807, 2.05) is 20.8 Å². The number of rotatable bonds is 3. The molecule has 7 nitrogen and oxygen atoms in total. The molecular weight excluding hydrogens is 344 g/mol. The van der Waals surface area contributed by atoms with Crippen LogP contribution in [0.2, 0.25) is 0 Å². The number of carbonyl (C=O) groups excluding carboxylic acids is 1. The van der Waals surface area contributed by atoms with Crippen molar-refractivity contribution in [1.29, 1.82) is 0 Å². The van der Waals surface area contributed by atoms with Gasteiger partial charge in [0.2, 0.25) is 15.9 Å². The first-order valence-corrected chi connectivity index (χ1v) is 9.60. The monoisotopic (exact) mass is 368 g/mol. The molecular formula is C17H24N2O5S. The summed E-state index contributed by atoms with van der Waals surface area (Å²) in [6.45, 7) is 6.97. The number of hydrogen-bond donors (Lipinski definition) is 1. The number of carboxylic acids is 1. The lowest BCUT2D eigenvalue weighted by Crippen LogP contribution is -2.42. The number of hydrogen-bond acceptors (Lipinski definition) is 4. The predicted molar refractivity (Wildman–Crippen MR) is 92.8 cm³/mol. The molecule has 1 aromatic carbocycles. The molecule has 138 valence electrons. The number of sulfonamides is 1. The Hall–Kier alpha value is -1.93. The van der Waals surface area contributed by atoms with E-state index in [9.17, 15) is 18.0 Å². The highest BCUT2D eigenvalue weighted by atomic mass is 32.2. The predicted octanol–water partition coefficient (Wildman–Crippen LogP) is 1.65. The first-order valence-electron chi connectivity index (χ1n) is 8.16. The molecule has 0 bridgehead atoms. The number of carboxylic acid groups (broad SMARTS) is 1. The molecule has 2 rings (SSSR count). The molecule has 8 heteroatoms. The van der Waals surface area contributed by atoms with E-state index in [4.69, 9.17) is 5.11 Å². The summed E-state index contributed by atoms with van der Waals surface area (Å²) < 4.78 is 26.9. The first-order chi connectivity index (χ1) is 11.5. The molecule has 0 radical (unpaired) electrons. The van der Waals surface area contributed by atoms with Gasteiger partial charge < -0.3 is 10.0 Å². The fourth-order valence-corrected chi connectivity index (χ4v) is 4.20. The second-order valence-corrected chi connectivity index (χ2v) is 9.07. The van der Waals surface area contributed by atoms with Crippen molar-refractivity contribution in [3.63, 3.8) is 0 Å². The summed E-state index contributed by atoms with van der Waals surface area (Å²) in [7, 11) is -3.71. The highest BCUT2D eigenvalue weighted by Gasteiger charge is 2.32. The van der Waals surface area contributed by atoms with E-state index >= 15 is 0 Å². The van der Waals surface area contributed by atoms with Crippen molar-refractivity contribution in [3.8, 4) is 0 Å². The first kappa shape index (κ1) is 19.4. The number of amides is 1. The van der Waals surface area contributed by atoms with Crippen molar-refractivity contribution in [2.45, 2.75) is 32.1 Å². The van der Waals surface area contributed by atoms with Gasteiger partial charge in [-0.3, -0.25) is 4.79 Å². The van der Waals surface area contributed by atoms with Crippen LogP contribution in [0.5, 0.6) is 0 Å². The van der Waals surface area contributed by atoms with E-state index in [0.29, 0.717) is 26.1 Å². The largest absolute Gasteiger partial charge is 0.478 e. The fourth-order valence-electron chi connectivity index (χ4n) is 2.73. The van der Waals surface area contributed by atoms with Crippen molar-refractivity contribution in [2.75, 3.05) is 26.2 Å². The van der Waals surface area contributed by atoms with Crippen LogP contribution in [0.4, 0.5) is 0 Å². The van der Waals surface area contributed by atoms with Gasteiger partial charge in [-0.2, -0.15) is 4.31 Å². The quantitative estimate of drug-likeness (QED) is 0.875. The van der Waals surface area contributed by atoms with Gasteiger partial charge >= 0.3 is 5.97 Å². The second-order valence-electron chi connectivity index (χ2n) is 7.13. The minimum atomic E-state index is -3.71. The zero-order valence-corrected chi connectivity index (χ0v) is 15.5. The molecule has 0 unspecified atom stereocenters. The molecule has 1 saturated heterocycles. The maximum Gasteiger partial charge on any atom is 0.335 e. The number of benzene rings is 1. The fraction of sp³-hybridized carbons (Fsp3) is 0.529. The van der Waals surface area contributed by atoms with Gasteiger partial charge in [0, 0.05) is 31.6 Å². The summed E-state index contributed by atoms with van der Waals surface area (Å²) in [5.74, 6) is -1.09. The Kier molecular flexibility index (Phi) is 5.53. The Balaban J connectivity index is 2.15. The van der Waals surface area contributed by atoms with Crippen LogP contribution < -0.4 is 0 Å². The Labute approximate surface area is 148 Å². The Morgan fingerprint density at radius 3 is 2.12 bits per heavy atom. The highest BCUT2D eigenvalue weighted by Crippen LogP contribution is 2.22. The number of nitrogens with zero attached hydrogens (tertiary/aromatic N) is 2. The standard InChI is InChI=1S/C17H24N2O5S/c1-17(2,3)16(22)18-9-4-10-19(12-11-18)25(23,24)14-7-5-13(6-8-14)15(20)21/h5-8H,4,9-12H2,1-3H3,(H,20,21). The van der Waals surface area contributed by atoms with Crippen LogP contribution in [0.3, 0.4) is 0 Å². The molecule has 0 aliphatic carbocycles. The van der Waals surface area contributed by atoms with Gasteiger partial charge in [-0.05, 0) is 30.7 Å². The Bertz CT molecular complexity index is 750. The van der Waals surface area contributed by atoms with Gasteiger partial charge in [-0.15, -0.1) is 0 Å². The molecule has 1 aliphatic rings. The van der Waals surface area contributed by atoms with Crippen LogP contribution >= 0.6 is 0 Å². The van der Waals surface area contributed by atoms with Crippen LogP contribution in [0.25, 0.3) is 0 Å². The lowest BCUT2D eigenvalue weighted by atomic mass is 9.94. The van der Waals surface area contributed by atoms with Crippen molar-refractivity contribution in [1.82, 2.24) is 9.21 Å². The molecule has 0 spiro atoms. The van der Waals surface area contributed by atoms with Crippen LogP contribution in [-0.2, 0) is 14.8 Å². The minimum absolute atomic E-state index is 0.0116. The van der Waals surface area contributed by atoms with E-state index in [1.54, 1.807) is 4.90 Å². The number of aromatic carboxylic acids is 1. The molecule has 1 N–H and O–H groups in total. The van der Waals surface area contributed by atoms with E-state index in [0.717, 1.165) is 0 Å². The van der Waals surface area contributed by atoms with E-state index in [2.05, 4.69) is 0 Å². The van der Waals surface area contributed by atoms with Gasteiger partial charge in [0.1, 0.15) is 0 Å². The van der Waals surface area contributed by atoms with Gasteiger partial charge in [-0.1, -0.05) is 20.8 Å². The molecule has 1 heterocycles. The third-order valence-corrected chi connectivity index (χ3v) is 6.04. The summed E-state index contributed by atoms with van der Waals surface area (Å²) in [4.78, 5) is 25.1. The average Bonchev–Trinajstić information content (AvgIpc) is 2.79. The minimum Gasteiger partial charge on any atom is -0.478 e. The van der Waals surface area contributed by atoms with Crippen LogP contribution in [0, 0.1) is 5.41 Å². The molecule has 1 aromatic rings. The van der Waals surface area contributed by atoms with Gasteiger partial charge in [-0.25, -0.2) is 13.2 Å². The topological polar surface area (TPSA) is 95.0 Å². The zero-order chi connectivity index (χ0) is 18.8. The average molecular weight is 368 g/mol. The van der Waals surface area contributed by atoms with E-state index in [-0.39, 0.29) is 22.9 Å². The van der Waals surface area contributed by atoms with Crippen LogP contribution in [-0.4, -0.2) is 60.8 Å². The van der Waals surface area contributed by atoms with Crippen LogP contribution in [0.1, 0.15) is 37.6 Å². The van der Waals surface area contributed by atoms with Crippen molar-refractivity contribution >= 4 is 21.9 Å².